The highest BCUT2D eigenvalue weighted by atomic mass is 35.5. The van der Waals surface area contributed by atoms with Crippen LogP contribution in [0.1, 0.15) is 54.1 Å². The van der Waals surface area contributed by atoms with Crippen molar-refractivity contribution in [2.45, 2.75) is 51.1 Å². The summed E-state index contributed by atoms with van der Waals surface area (Å²) in [6.07, 6.45) is 5.97. The van der Waals surface area contributed by atoms with Gasteiger partial charge in [-0.1, -0.05) is 0 Å². The van der Waals surface area contributed by atoms with Gasteiger partial charge in [0.2, 0.25) is 5.91 Å². The van der Waals surface area contributed by atoms with Crippen molar-refractivity contribution >= 4 is 24.2 Å². The van der Waals surface area contributed by atoms with Gasteiger partial charge in [0.1, 0.15) is 5.56 Å². The van der Waals surface area contributed by atoms with Crippen molar-refractivity contribution in [1.29, 1.82) is 0 Å². The molecule has 166 valence electrons. The molecule has 4 rings (SSSR count). The van der Waals surface area contributed by atoms with Crippen LogP contribution in [0.3, 0.4) is 0 Å². The predicted octanol–water partition coefficient (Wildman–Crippen LogP) is 1.83. The summed E-state index contributed by atoms with van der Waals surface area (Å²) in [4.78, 5) is 42.2. The number of piperidine rings is 2. The van der Waals surface area contributed by atoms with Gasteiger partial charge in [0.25, 0.3) is 11.5 Å². The first-order chi connectivity index (χ1) is 13.9. The van der Waals surface area contributed by atoms with Crippen molar-refractivity contribution in [3.05, 3.63) is 33.7 Å². The maximum Gasteiger partial charge on any atom is 0.263 e. The third-order valence-corrected chi connectivity index (χ3v) is 7.30. The highest BCUT2D eigenvalue weighted by Crippen LogP contribution is 2.40. The number of rotatable bonds is 3. The lowest BCUT2D eigenvalue weighted by Crippen LogP contribution is -2.42. The van der Waals surface area contributed by atoms with E-state index in [0.717, 1.165) is 50.9 Å². The van der Waals surface area contributed by atoms with Gasteiger partial charge < -0.3 is 19.7 Å². The SMILES string of the molecule is Cc1ccn(C2CCNCC2)c(=O)c1C(=O)N(C)[C@H]1C[C@H]2CC(=O)N(C)C[C@H]2C1.Cl. The molecule has 0 aromatic carbocycles. The van der Waals surface area contributed by atoms with Crippen LogP contribution in [-0.2, 0) is 4.79 Å². The van der Waals surface area contributed by atoms with Crippen LogP contribution in [0.15, 0.2) is 17.1 Å². The van der Waals surface area contributed by atoms with Crippen LogP contribution >= 0.6 is 12.4 Å². The molecule has 8 heteroatoms. The van der Waals surface area contributed by atoms with Crippen LogP contribution in [0.2, 0.25) is 0 Å². The van der Waals surface area contributed by atoms with E-state index in [2.05, 4.69) is 5.32 Å². The normalized spacial score (nSPS) is 26.8. The van der Waals surface area contributed by atoms with Crippen LogP contribution < -0.4 is 10.9 Å². The summed E-state index contributed by atoms with van der Waals surface area (Å²) in [6.45, 7) is 4.41. The standard InChI is InChI=1S/C22H32N4O3.ClH/c1-14-6-9-26(17-4-7-23-8-5-17)22(29)20(14)21(28)25(3)18-10-15-12-19(27)24(2)13-16(15)11-18;/h6,9,15-18,23H,4-5,7-8,10-13H2,1-3H3;1H/t15-,16+,18-;/m0./s1. The zero-order chi connectivity index (χ0) is 20.7. The number of halogens is 1. The third kappa shape index (κ3) is 4.14. The molecule has 30 heavy (non-hydrogen) atoms. The number of amides is 2. The molecule has 2 aliphatic heterocycles. The first kappa shape index (κ1) is 22.8. The van der Waals surface area contributed by atoms with Gasteiger partial charge in [0, 0.05) is 45.3 Å². The molecule has 1 aromatic rings. The van der Waals surface area contributed by atoms with Gasteiger partial charge in [0.15, 0.2) is 0 Å². The molecular weight excluding hydrogens is 404 g/mol. The maximum atomic E-state index is 13.4. The Labute approximate surface area is 184 Å². The molecule has 7 nitrogen and oxygen atoms in total. The number of carbonyl (C=O) groups is 2. The molecule has 1 N–H and O–H groups in total. The highest BCUT2D eigenvalue weighted by Gasteiger charge is 2.42. The lowest BCUT2D eigenvalue weighted by atomic mass is 9.88. The van der Waals surface area contributed by atoms with Gasteiger partial charge in [-0.05, 0) is 69.2 Å². The number of hydrogen-bond donors (Lipinski definition) is 1. The van der Waals surface area contributed by atoms with Gasteiger partial charge in [-0.25, -0.2) is 0 Å². The number of aromatic nitrogens is 1. The Morgan fingerprint density at radius 1 is 1.17 bits per heavy atom. The number of fused-ring (bicyclic) bond motifs is 1. The fourth-order valence-electron chi connectivity index (χ4n) is 5.42. The van der Waals surface area contributed by atoms with Crippen molar-refractivity contribution in [1.82, 2.24) is 19.7 Å². The minimum atomic E-state index is -0.181. The number of likely N-dealkylation sites (tertiary alicyclic amines) is 1. The second kappa shape index (κ2) is 9.10. The van der Waals surface area contributed by atoms with Crippen LogP contribution in [0, 0.1) is 18.8 Å². The molecule has 1 aromatic heterocycles. The molecule has 1 saturated carbocycles. The summed E-state index contributed by atoms with van der Waals surface area (Å²) in [7, 11) is 3.67. The van der Waals surface area contributed by atoms with E-state index in [-0.39, 0.29) is 41.9 Å². The Bertz CT molecular complexity index is 864. The minimum absolute atomic E-state index is 0. The summed E-state index contributed by atoms with van der Waals surface area (Å²) in [6, 6.07) is 2.13. The molecule has 3 fully saturated rings. The molecule has 3 atom stereocenters. The summed E-state index contributed by atoms with van der Waals surface area (Å²) >= 11 is 0. The van der Waals surface area contributed by atoms with Crippen LogP contribution in [0.5, 0.6) is 0 Å². The lowest BCUT2D eigenvalue weighted by Gasteiger charge is -2.31. The number of nitrogens with zero attached hydrogens (tertiary/aromatic N) is 3. The fraction of sp³-hybridized carbons (Fsp3) is 0.682. The molecule has 3 aliphatic rings. The maximum absolute atomic E-state index is 13.4. The highest BCUT2D eigenvalue weighted by molar-refractivity contribution is 5.95. The van der Waals surface area contributed by atoms with Gasteiger partial charge >= 0.3 is 0 Å². The second-order valence-electron chi connectivity index (χ2n) is 9.11. The molecule has 0 bridgehead atoms. The fourth-order valence-corrected chi connectivity index (χ4v) is 5.42. The Hall–Kier alpha value is -1.86. The van der Waals surface area contributed by atoms with Crippen molar-refractivity contribution in [3.8, 4) is 0 Å². The van der Waals surface area contributed by atoms with E-state index < -0.39 is 0 Å². The molecule has 0 unspecified atom stereocenters. The number of carbonyl (C=O) groups excluding carboxylic acids is 2. The van der Waals surface area contributed by atoms with Crippen molar-refractivity contribution in [2.75, 3.05) is 33.7 Å². The molecule has 2 amide bonds. The second-order valence-corrected chi connectivity index (χ2v) is 9.11. The number of hydrogen-bond acceptors (Lipinski definition) is 4. The third-order valence-electron chi connectivity index (χ3n) is 7.30. The van der Waals surface area contributed by atoms with E-state index in [4.69, 9.17) is 0 Å². The van der Waals surface area contributed by atoms with Crippen molar-refractivity contribution in [3.63, 3.8) is 0 Å². The van der Waals surface area contributed by atoms with Crippen molar-refractivity contribution in [2.24, 2.45) is 11.8 Å². The Kier molecular flexibility index (Phi) is 6.92. The molecule has 1 aliphatic carbocycles. The first-order valence-corrected chi connectivity index (χ1v) is 10.8. The zero-order valence-corrected chi connectivity index (χ0v) is 18.9. The summed E-state index contributed by atoms with van der Waals surface area (Å²) < 4.78 is 1.76. The number of pyridine rings is 1. The van der Waals surface area contributed by atoms with Crippen LogP contribution in [-0.4, -0.2) is 66.0 Å². The number of aryl methyl sites for hydroxylation is 1. The van der Waals surface area contributed by atoms with Gasteiger partial charge in [-0.2, -0.15) is 0 Å². The van der Waals surface area contributed by atoms with Crippen LogP contribution in [0.4, 0.5) is 0 Å². The zero-order valence-electron chi connectivity index (χ0n) is 18.1. The van der Waals surface area contributed by atoms with E-state index >= 15 is 0 Å². The van der Waals surface area contributed by atoms with Gasteiger partial charge in [0.05, 0.1) is 0 Å². The molecule has 2 saturated heterocycles. The topological polar surface area (TPSA) is 74.6 Å². The summed E-state index contributed by atoms with van der Waals surface area (Å²) in [5.74, 6) is 0.812. The molecular formula is C22H33ClN4O3. The molecule has 0 radical (unpaired) electrons. The first-order valence-electron chi connectivity index (χ1n) is 10.8. The lowest BCUT2D eigenvalue weighted by molar-refractivity contribution is -0.134. The molecule has 0 spiro atoms. The van der Waals surface area contributed by atoms with Crippen molar-refractivity contribution < 1.29 is 9.59 Å². The summed E-state index contributed by atoms with van der Waals surface area (Å²) in [5, 5.41) is 3.32. The van der Waals surface area contributed by atoms with Crippen LogP contribution in [0.25, 0.3) is 0 Å². The van der Waals surface area contributed by atoms with E-state index in [1.165, 1.54) is 0 Å². The Morgan fingerprint density at radius 2 is 1.83 bits per heavy atom. The Balaban J connectivity index is 0.00000256. The van der Waals surface area contributed by atoms with Gasteiger partial charge in [-0.15, -0.1) is 12.4 Å². The average molecular weight is 437 g/mol. The van der Waals surface area contributed by atoms with E-state index in [1.807, 2.05) is 38.2 Å². The minimum Gasteiger partial charge on any atom is -0.345 e. The predicted molar refractivity (Wildman–Crippen MR) is 118 cm³/mol. The number of nitrogens with one attached hydrogen (secondary N) is 1. The molecule has 3 heterocycles. The van der Waals surface area contributed by atoms with E-state index in [1.54, 1.807) is 9.47 Å². The largest absolute Gasteiger partial charge is 0.345 e. The van der Waals surface area contributed by atoms with E-state index in [9.17, 15) is 14.4 Å². The smallest absolute Gasteiger partial charge is 0.263 e. The quantitative estimate of drug-likeness (QED) is 0.784. The van der Waals surface area contributed by atoms with Gasteiger partial charge in [-0.3, -0.25) is 14.4 Å². The Morgan fingerprint density at radius 3 is 2.53 bits per heavy atom. The average Bonchev–Trinajstić information content (AvgIpc) is 3.11. The van der Waals surface area contributed by atoms with E-state index in [0.29, 0.717) is 23.8 Å². The monoisotopic (exact) mass is 436 g/mol. The summed E-state index contributed by atoms with van der Waals surface area (Å²) in [5.41, 5.74) is 0.873.